The second-order valence-corrected chi connectivity index (χ2v) is 6.74. The van der Waals surface area contributed by atoms with Crippen LogP contribution >= 0.6 is 11.8 Å². The van der Waals surface area contributed by atoms with E-state index >= 15 is 0 Å². The molecule has 3 nitrogen and oxygen atoms in total. The lowest BCUT2D eigenvalue weighted by molar-refractivity contribution is -0.0882. The van der Waals surface area contributed by atoms with E-state index < -0.39 is 0 Å². The van der Waals surface area contributed by atoms with Gasteiger partial charge in [0.05, 0.1) is 18.3 Å². The third-order valence-electron chi connectivity index (χ3n) is 3.83. The van der Waals surface area contributed by atoms with Crippen LogP contribution in [-0.2, 0) is 9.47 Å². The first kappa shape index (κ1) is 13.7. The van der Waals surface area contributed by atoms with Crippen molar-refractivity contribution in [2.45, 2.75) is 50.9 Å². The average molecular weight is 259 g/mol. The van der Waals surface area contributed by atoms with Crippen molar-refractivity contribution in [2.24, 2.45) is 11.7 Å². The van der Waals surface area contributed by atoms with E-state index in [0.717, 1.165) is 25.2 Å². The first-order chi connectivity index (χ1) is 8.11. The van der Waals surface area contributed by atoms with Gasteiger partial charge in [-0.3, -0.25) is 0 Å². The summed E-state index contributed by atoms with van der Waals surface area (Å²) in [7, 11) is 0. The van der Waals surface area contributed by atoms with Crippen LogP contribution in [0.25, 0.3) is 0 Å². The summed E-state index contributed by atoms with van der Waals surface area (Å²) in [6, 6.07) is 0.170. The second-order valence-electron chi connectivity index (χ2n) is 5.63. The minimum Gasteiger partial charge on any atom is -0.377 e. The standard InChI is InChI=1S/C13H25NO2S/c1-10(2)15-8-12(14)11-3-5-16-13(7-11)4-6-17-9-13/h10-12H,3-9,14H2,1-2H3. The minimum atomic E-state index is 0.142. The van der Waals surface area contributed by atoms with E-state index in [0.29, 0.717) is 12.5 Å². The van der Waals surface area contributed by atoms with Crippen LogP contribution in [0.1, 0.15) is 33.1 Å². The van der Waals surface area contributed by atoms with Crippen molar-refractivity contribution < 1.29 is 9.47 Å². The molecule has 100 valence electrons. The van der Waals surface area contributed by atoms with Gasteiger partial charge in [-0.15, -0.1) is 0 Å². The van der Waals surface area contributed by atoms with Crippen molar-refractivity contribution in [3.63, 3.8) is 0 Å². The van der Waals surface area contributed by atoms with Gasteiger partial charge < -0.3 is 15.2 Å². The number of nitrogens with two attached hydrogens (primary N) is 1. The molecule has 2 heterocycles. The highest BCUT2D eigenvalue weighted by Gasteiger charge is 2.41. The van der Waals surface area contributed by atoms with Crippen molar-refractivity contribution in [3.8, 4) is 0 Å². The van der Waals surface area contributed by atoms with Crippen molar-refractivity contribution in [1.29, 1.82) is 0 Å². The maximum atomic E-state index is 6.26. The van der Waals surface area contributed by atoms with Gasteiger partial charge in [-0.05, 0) is 44.8 Å². The molecule has 4 heteroatoms. The molecule has 0 amide bonds. The van der Waals surface area contributed by atoms with Gasteiger partial charge in [0.2, 0.25) is 0 Å². The van der Waals surface area contributed by atoms with E-state index in [4.69, 9.17) is 15.2 Å². The maximum Gasteiger partial charge on any atom is 0.0783 e. The molecule has 2 aliphatic rings. The average Bonchev–Trinajstić information content (AvgIpc) is 2.74. The first-order valence-electron chi connectivity index (χ1n) is 6.70. The van der Waals surface area contributed by atoms with Gasteiger partial charge in [-0.1, -0.05) is 0 Å². The fraction of sp³-hybridized carbons (Fsp3) is 1.00. The Morgan fingerprint density at radius 1 is 1.53 bits per heavy atom. The molecular formula is C13H25NO2S. The van der Waals surface area contributed by atoms with Crippen molar-refractivity contribution >= 4 is 11.8 Å². The molecule has 3 unspecified atom stereocenters. The van der Waals surface area contributed by atoms with E-state index in [-0.39, 0.29) is 17.7 Å². The van der Waals surface area contributed by atoms with Gasteiger partial charge in [0.25, 0.3) is 0 Å². The Hall–Kier alpha value is 0.230. The Bertz CT molecular complexity index is 242. The van der Waals surface area contributed by atoms with Gasteiger partial charge in [0, 0.05) is 18.4 Å². The number of hydrogen-bond acceptors (Lipinski definition) is 4. The van der Waals surface area contributed by atoms with Gasteiger partial charge in [-0.2, -0.15) is 11.8 Å². The fourth-order valence-corrected chi connectivity index (χ4v) is 4.11. The fourth-order valence-electron chi connectivity index (χ4n) is 2.73. The molecule has 3 atom stereocenters. The lowest BCUT2D eigenvalue weighted by atomic mass is 9.81. The van der Waals surface area contributed by atoms with Crippen LogP contribution in [0.4, 0.5) is 0 Å². The molecule has 2 N–H and O–H groups in total. The molecule has 1 spiro atoms. The number of ether oxygens (including phenoxy) is 2. The topological polar surface area (TPSA) is 44.5 Å². The van der Waals surface area contributed by atoms with E-state index in [1.54, 1.807) is 0 Å². The highest BCUT2D eigenvalue weighted by Crippen LogP contribution is 2.41. The quantitative estimate of drug-likeness (QED) is 0.839. The Labute approximate surface area is 109 Å². The summed E-state index contributed by atoms with van der Waals surface area (Å²) in [5.41, 5.74) is 6.40. The molecule has 0 aromatic rings. The lowest BCUT2D eigenvalue weighted by Crippen LogP contribution is -2.47. The molecule has 0 bridgehead atoms. The summed E-state index contributed by atoms with van der Waals surface area (Å²) in [5, 5.41) is 0. The van der Waals surface area contributed by atoms with Gasteiger partial charge in [-0.25, -0.2) is 0 Å². The number of hydrogen-bond donors (Lipinski definition) is 1. The molecule has 0 aromatic heterocycles. The normalized spacial score (nSPS) is 35.6. The second kappa shape index (κ2) is 5.91. The van der Waals surface area contributed by atoms with E-state index in [9.17, 15) is 0 Å². The van der Waals surface area contributed by atoms with E-state index in [1.807, 2.05) is 11.8 Å². The minimum absolute atomic E-state index is 0.142. The van der Waals surface area contributed by atoms with Crippen LogP contribution in [0.2, 0.25) is 0 Å². The zero-order valence-electron chi connectivity index (χ0n) is 11.0. The predicted molar refractivity (Wildman–Crippen MR) is 72.4 cm³/mol. The highest BCUT2D eigenvalue weighted by atomic mass is 32.2. The SMILES string of the molecule is CC(C)OCC(N)C1CCOC2(CCSC2)C1. The molecule has 2 rings (SSSR count). The summed E-state index contributed by atoms with van der Waals surface area (Å²) in [5.74, 6) is 2.97. The molecule has 0 aromatic carbocycles. The summed E-state index contributed by atoms with van der Waals surface area (Å²) in [4.78, 5) is 0. The Kier molecular flexibility index (Phi) is 4.75. The molecule has 0 saturated carbocycles. The third kappa shape index (κ3) is 3.60. The molecule has 2 aliphatic heterocycles. The monoisotopic (exact) mass is 259 g/mol. The molecule has 17 heavy (non-hydrogen) atoms. The van der Waals surface area contributed by atoms with Crippen LogP contribution in [-0.4, -0.2) is 42.5 Å². The van der Waals surface area contributed by atoms with E-state index in [2.05, 4.69) is 13.8 Å². The van der Waals surface area contributed by atoms with Crippen molar-refractivity contribution in [2.75, 3.05) is 24.7 Å². The maximum absolute atomic E-state index is 6.26. The largest absolute Gasteiger partial charge is 0.377 e. The Morgan fingerprint density at radius 2 is 2.35 bits per heavy atom. The summed E-state index contributed by atoms with van der Waals surface area (Å²) < 4.78 is 11.7. The summed E-state index contributed by atoms with van der Waals surface area (Å²) >= 11 is 2.01. The lowest BCUT2D eigenvalue weighted by Gasteiger charge is -2.40. The predicted octanol–water partition coefficient (Wildman–Crippen LogP) is 2.04. The zero-order valence-corrected chi connectivity index (χ0v) is 11.8. The summed E-state index contributed by atoms with van der Waals surface area (Å²) in [6.45, 7) is 5.68. The first-order valence-corrected chi connectivity index (χ1v) is 7.86. The van der Waals surface area contributed by atoms with Gasteiger partial charge >= 0.3 is 0 Å². The van der Waals surface area contributed by atoms with Crippen LogP contribution < -0.4 is 5.73 Å². The van der Waals surface area contributed by atoms with Crippen LogP contribution in [0.5, 0.6) is 0 Å². The molecule has 0 radical (unpaired) electrons. The van der Waals surface area contributed by atoms with Crippen molar-refractivity contribution in [1.82, 2.24) is 0 Å². The number of thioether (sulfide) groups is 1. The highest BCUT2D eigenvalue weighted by molar-refractivity contribution is 7.99. The molecule has 0 aliphatic carbocycles. The zero-order chi connectivity index (χ0) is 12.3. The van der Waals surface area contributed by atoms with Crippen LogP contribution in [0.3, 0.4) is 0 Å². The van der Waals surface area contributed by atoms with Crippen LogP contribution in [0.15, 0.2) is 0 Å². The van der Waals surface area contributed by atoms with Crippen molar-refractivity contribution in [3.05, 3.63) is 0 Å². The van der Waals surface area contributed by atoms with Gasteiger partial charge in [0.1, 0.15) is 0 Å². The summed E-state index contributed by atoms with van der Waals surface area (Å²) in [6.07, 6.45) is 3.70. The molecule has 2 fully saturated rings. The Balaban J connectivity index is 1.84. The molecule has 2 saturated heterocycles. The third-order valence-corrected chi connectivity index (χ3v) is 5.05. The Morgan fingerprint density at radius 3 is 3.00 bits per heavy atom. The molecular weight excluding hydrogens is 234 g/mol. The van der Waals surface area contributed by atoms with Gasteiger partial charge in [0.15, 0.2) is 0 Å². The number of rotatable bonds is 4. The smallest absolute Gasteiger partial charge is 0.0783 e. The van der Waals surface area contributed by atoms with E-state index in [1.165, 1.54) is 12.2 Å². The van der Waals surface area contributed by atoms with Crippen LogP contribution in [0, 0.1) is 5.92 Å².